The van der Waals surface area contributed by atoms with E-state index in [9.17, 15) is 0 Å². The van der Waals surface area contributed by atoms with Crippen molar-refractivity contribution in [3.8, 4) is 0 Å². The fraction of sp³-hybridized carbons (Fsp3) is 1.00. The minimum atomic E-state index is 0.301. The summed E-state index contributed by atoms with van der Waals surface area (Å²) in [4.78, 5) is 2.27. The Bertz CT molecular complexity index is 91.6. The fourth-order valence-electron chi connectivity index (χ4n) is 1.21. The van der Waals surface area contributed by atoms with E-state index in [1.165, 1.54) is 0 Å². The molecule has 0 bridgehead atoms. The predicted molar refractivity (Wildman–Crippen MR) is 41.0 cm³/mol. The fourth-order valence-corrected chi connectivity index (χ4v) is 1.21. The van der Waals surface area contributed by atoms with Gasteiger partial charge in [-0.3, -0.25) is 0 Å². The lowest BCUT2D eigenvalue weighted by atomic mass is 10.1. The number of rotatable bonds is 4. The van der Waals surface area contributed by atoms with Crippen molar-refractivity contribution in [2.45, 2.75) is 12.5 Å². The van der Waals surface area contributed by atoms with Crippen molar-refractivity contribution in [2.24, 2.45) is 0 Å². The number of aliphatic hydroxyl groups is 1. The van der Waals surface area contributed by atoms with Gasteiger partial charge >= 0.3 is 0 Å². The van der Waals surface area contributed by atoms with Crippen LogP contribution < -0.4 is 5.32 Å². The zero-order valence-electron chi connectivity index (χ0n) is 6.51. The summed E-state index contributed by atoms with van der Waals surface area (Å²) < 4.78 is 0. The highest BCUT2D eigenvalue weighted by atomic mass is 16.3. The monoisotopic (exact) mass is 144 g/mol. The zero-order valence-corrected chi connectivity index (χ0v) is 6.51. The molecule has 0 aliphatic carbocycles. The summed E-state index contributed by atoms with van der Waals surface area (Å²) in [5.41, 5.74) is 0. The van der Waals surface area contributed by atoms with E-state index in [0.717, 1.165) is 26.1 Å². The highest BCUT2D eigenvalue weighted by Crippen LogP contribution is 2.02. The number of nitrogens with one attached hydrogen (secondary N) is 1. The van der Waals surface area contributed by atoms with Gasteiger partial charge in [-0.05, 0) is 20.0 Å². The molecule has 0 saturated carbocycles. The van der Waals surface area contributed by atoms with Gasteiger partial charge in [0.1, 0.15) is 0 Å². The van der Waals surface area contributed by atoms with E-state index < -0.39 is 0 Å². The van der Waals surface area contributed by atoms with Crippen LogP contribution in [0.25, 0.3) is 0 Å². The normalized spacial score (nSPS) is 21.0. The molecule has 0 aromatic heterocycles. The van der Waals surface area contributed by atoms with Crippen LogP contribution in [0.5, 0.6) is 0 Å². The summed E-state index contributed by atoms with van der Waals surface area (Å²) in [5.74, 6) is 0. The second-order valence-corrected chi connectivity index (χ2v) is 2.95. The number of nitrogens with zero attached hydrogens (tertiary/aromatic N) is 1. The average Bonchev–Trinajstić information content (AvgIpc) is 1.85. The zero-order chi connectivity index (χ0) is 7.40. The van der Waals surface area contributed by atoms with Crippen LogP contribution in [0.4, 0.5) is 0 Å². The molecule has 0 unspecified atom stereocenters. The number of likely N-dealkylation sites (tertiary alicyclic amines) is 1. The second-order valence-electron chi connectivity index (χ2n) is 2.95. The molecule has 1 aliphatic rings. The van der Waals surface area contributed by atoms with Gasteiger partial charge in [0.15, 0.2) is 0 Å². The molecule has 1 rings (SSSR count). The standard InChI is InChI=1S/C7H16N2O/c1-9-5-7(6-9)8-3-2-4-10/h7-8,10H,2-6H2,1H3. The van der Waals surface area contributed by atoms with Gasteiger partial charge in [0, 0.05) is 25.7 Å². The smallest absolute Gasteiger partial charge is 0.0443 e. The summed E-state index contributed by atoms with van der Waals surface area (Å²) in [7, 11) is 2.12. The highest BCUT2D eigenvalue weighted by molar-refractivity contribution is 4.82. The quantitative estimate of drug-likeness (QED) is 0.511. The van der Waals surface area contributed by atoms with Crippen LogP contribution in [0, 0.1) is 0 Å². The molecule has 0 atom stereocenters. The van der Waals surface area contributed by atoms with Gasteiger partial charge in [-0.15, -0.1) is 0 Å². The predicted octanol–water partition coefficient (Wildman–Crippen LogP) is -0.728. The summed E-state index contributed by atoms with van der Waals surface area (Å²) in [6.07, 6.45) is 0.875. The van der Waals surface area contributed by atoms with Crippen LogP contribution in [0.3, 0.4) is 0 Å². The molecule has 0 amide bonds. The molecule has 3 heteroatoms. The SMILES string of the molecule is CN1CC(NCCCO)C1. The van der Waals surface area contributed by atoms with Gasteiger partial charge in [-0.1, -0.05) is 0 Å². The molecule has 1 aliphatic heterocycles. The Kier molecular flexibility index (Phi) is 3.12. The van der Waals surface area contributed by atoms with E-state index in [4.69, 9.17) is 5.11 Å². The molecule has 1 fully saturated rings. The molecule has 0 spiro atoms. The van der Waals surface area contributed by atoms with Crippen molar-refractivity contribution in [3.05, 3.63) is 0 Å². The minimum absolute atomic E-state index is 0.301. The molecular formula is C7H16N2O. The Balaban J connectivity index is 1.86. The van der Waals surface area contributed by atoms with Gasteiger partial charge in [-0.25, -0.2) is 0 Å². The molecule has 2 N–H and O–H groups in total. The lowest BCUT2D eigenvalue weighted by Crippen LogP contribution is -2.56. The van der Waals surface area contributed by atoms with E-state index in [1.807, 2.05) is 0 Å². The van der Waals surface area contributed by atoms with Crippen molar-refractivity contribution in [1.29, 1.82) is 0 Å². The molecule has 0 aromatic rings. The maximum Gasteiger partial charge on any atom is 0.0443 e. The number of hydrogen-bond acceptors (Lipinski definition) is 3. The number of hydrogen-bond donors (Lipinski definition) is 2. The second kappa shape index (κ2) is 3.91. The number of likely N-dealkylation sites (N-methyl/N-ethyl adjacent to an activating group) is 1. The third-order valence-electron chi connectivity index (χ3n) is 1.83. The van der Waals surface area contributed by atoms with Crippen LogP contribution in [-0.4, -0.2) is 49.3 Å². The molecule has 60 valence electrons. The molecule has 10 heavy (non-hydrogen) atoms. The summed E-state index contributed by atoms with van der Waals surface area (Å²) in [6, 6.07) is 0.677. The summed E-state index contributed by atoms with van der Waals surface area (Å²) in [6.45, 7) is 3.57. The Morgan fingerprint density at radius 2 is 2.30 bits per heavy atom. The van der Waals surface area contributed by atoms with E-state index >= 15 is 0 Å². The maximum absolute atomic E-state index is 8.47. The third kappa shape index (κ3) is 2.25. The summed E-state index contributed by atoms with van der Waals surface area (Å²) >= 11 is 0. The van der Waals surface area contributed by atoms with E-state index in [-0.39, 0.29) is 0 Å². The minimum Gasteiger partial charge on any atom is -0.396 e. The Morgan fingerprint density at radius 1 is 1.60 bits per heavy atom. The Hall–Kier alpha value is -0.120. The Morgan fingerprint density at radius 3 is 2.80 bits per heavy atom. The molecule has 0 aromatic carbocycles. The molecule has 1 saturated heterocycles. The molecule has 3 nitrogen and oxygen atoms in total. The van der Waals surface area contributed by atoms with Crippen LogP contribution in [-0.2, 0) is 0 Å². The lowest BCUT2D eigenvalue weighted by molar-refractivity contribution is 0.159. The summed E-state index contributed by atoms with van der Waals surface area (Å²) in [5, 5.41) is 11.8. The van der Waals surface area contributed by atoms with Gasteiger partial charge in [0.2, 0.25) is 0 Å². The lowest BCUT2D eigenvalue weighted by Gasteiger charge is -2.36. The maximum atomic E-state index is 8.47. The van der Waals surface area contributed by atoms with E-state index in [0.29, 0.717) is 12.6 Å². The first-order valence-electron chi connectivity index (χ1n) is 3.85. The molecule has 0 radical (unpaired) electrons. The van der Waals surface area contributed by atoms with Crippen molar-refractivity contribution in [2.75, 3.05) is 33.3 Å². The van der Waals surface area contributed by atoms with Crippen LogP contribution in [0.1, 0.15) is 6.42 Å². The molecule has 1 heterocycles. The number of aliphatic hydroxyl groups excluding tert-OH is 1. The topological polar surface area (TPSA) is 35.5 Å². The third-order valence-corrected chi connectivity index (χ3v) is 1.83. The first-order chi connectivity index (χ1) is 4.83. The van der Waals surface area contributed by atoms with Crippen molar-refractivity contribution < 1.29 is 5.11 Å². The van der Waals surface area contributed by atoms with Gasteiger partial charge < -0.3 is 15.3 Å². The van der Waals surface area contributed by atoms with E-state index in [2.05, 4.69) is 17.3 Å². The largest absolute Gasteiger partial charge is 0.396 e. The van der Waals surface area contributed by atoms with Gasteiger partial charge in [0.05, 0.1) is 0 Å². The van der Waals surface area contributed by atoms with Crippen LogP contribution in [0.2, 0.25) is 0 Å². The average molecular weight is 144 g/mol. The van der Waals surface area contributed by atoms with E-state index in [1.54, 1.807) is 0 Å². The van der Waals surface area contributed by atoms with Crippen LogP contribution in [0.15, 0.2) is 0 Å². The van der Waals surface area contributed by atoms with Gasteiger partial charge in [-0.2, -0.15) is 0 Å². The first kappa shape index (κ1) is 7.98. The van der Waals surface area contributed by atoms with Gasteiger partial charge in [0.25, 0.3) is 0 Å². The highest BCUT2D eigenvalue weighted by Gasteiger charge is 2.21. The van der Waals surface area contributed by atoms with Crippen LogP contribution >= 0.6 is 0 Å². The molecular weight excluding hydrogens is 128 g/mol. The Labute approximate surface area is 62.0 Å². The van der Waals surface area contributed by atoms with Crippen molar-refractivity contribution in [1.82, 2.24) is 10.2 Å². The first-order valence-corrected chi connectivity index (χ1v) is 3.85. The van der Waals surface area contributed by atoms with Crippen molar-refractivity contribution in [3.63, 3.8) is 0 Å². The van der Waals surface area contributed by atoms with Crippen molar-refractivity contribution >= 4 is 0 Å².